The summed E-state index contributed by atoms with van der Waals surface area (Å²) in [7, 11) is -3.41. The second kappa shape index (κ2) is 7.51. The lowest BCUT2D eigenvalue weighted by atomic mass is 10.0. The van der Waals surface area contributed by atoms with Gasteiger partial charge in [0.15, 0.2) is 0 Å². The Morgan fingerprint density at radius 2 is 1.92 bits per heavy atom. The monoisotopic (exact) mass is 371 g/mol. The number of hydrogen-bond donors (Lipinski definition) is 1. The molecule has 8 heteroatoms. The summed E-state index contributed by atoms with van der Waals surface area (Å²) in [5, 5.41) is 1.77. The number of likely N-dealkylation sites (tertiary alicyclic amines) is 2. The van der Waals surface area contributed by atoms with Crippen molar-refractivity contribution in [1.82, 2.24) is 14.5 Å². The first-order chi connectivity index (χ1) is 11.5. The molecule has 134 valence electrons. The second-order valence-electron chi connectivity index (χ2n) is 6.57. The van der Waals surface area contributed by atoms with Crippen LogP contribution in [0.4, 0.5) is 0 Å². The number of carbonyl (C=O) groups is 1. The summed E-state index contributed by atoms with van der Waals surface area (Å²) in [6.07, 6.45) is 3.68. The van der Waals surface area contributed by atoms with Gasteiger partial charge in [0, 0.05) is 32.2 Å². The van der Waals surface area contributed by atoms with Crippen molar-refractivity contribution in [3.05, 3.63) is 17.5 Å². The van der Waals surface area contributed by atoms with E-state index in [-0.39, 0.29) is 18.0 Å². The van der Waals surface area contributed by atoms with Crippen molar-refractivity contribution in [2.75, 3.05) is 26.2 Å². The Kier molecular flexibility index (Phi) is 5.59. The summed E-state index contributed by atoms with van der Waals surface area (Å²) in [5.41, 5.74) is 0. The Labute approximate surface area is 147 Å². The number of piperidine rings is 1. The topological polar surface area (TPSA) is 69.7 Å². The number of amides is 1. The molecule has 0 bridgehead atoms. The molecule has 0 saturated carbocycles. The van der Waals surface area contributed by atoms with Crippen LogP contribution in [0.3, 0.4) is 0 Å². The number of nitrogens with zero attached hydrogens (tertiary/aromatic N) is 2. The van der Waals surface area contributed by atoms with E-state index in [0.717, 1.165) is 51.9 Å². The van der Waals surface area contributed by atoms with Crippen LogP contribution in [0.2, 0.25) is 0 Å². The molecule has 0 aromatic carbocycles. The lowest BCUT2D eigenvalue weighted by molar-refractivity contribution is -0.135. The number of sulfonamides is 1. The van der Waals surface area contributed by atoms with Crippen molar-refractivity contribution < 1.29 is 13.2 Å². The van der Waals surface area contributed by atoms with Crippen LogP contribution >= 0.6 is 11.3 Å². The molecular formula is C16H25N3O3S2. The van der Waals surface area contributed by atoms with Crippen molar-refractivity contribution in [1.29, 1.82) is 0 Å². The highest BCUT2D eigenvalue weighted by molar-refractivity contribution is 7.91. The van der Waals surface area contributed by atoms with E-state index in [4.69, 9.17) is 0 Å². The molecular weight excluding hydrogens is 346 g/mol. The molecule has 2 aliphatic heterocycles. The highest BCUT2D eigenvalue weighted by atomic mass is 32.2. The first kappa shape index (κ1) is 17.8. The van der Waals surface area contributed by atoms with Crippen LogP contribution in [0.1, 0.15) is 32.6 Å². The summed E-state index contributed by atoms with van der Waals surface area (Å²) < 4.78 is 27.7. The smallest absolute Gasteiger partial charge is 0.250 e. The molecule has 0 spiro atoms. The zero-order valence-electron chi connectivity index (χ0n) is 14.0. The van der Waals surface area contributed by atoms with Gasteiger partial charge in [0.2, 0.25) is 15.9 Å². The molecule has 0 aliphatic carbocycles. The zero-order chi connectivity index (χ0) is 17.2. The quantitative estimate of drug-likeness (QED) is 0.852. The van der Waals surface area contributed by atoms with Gasteiger partial charge in [-0.2, -0.15) is 0 Å². The third-order valence-electron chi connectivity index (χ3n) is 4.93. The normalized spacial score (nSPS) is 22.0. The van der Waals surface area contributed by atoms with Crippen LogP contribution in [-0.2, 0) is 14.8 Å². The lowest BCUT2D eigenvalue weighted by Gasteiger charge is -2.36. The molecule has 1 N–H and O–H groups in total. The van der Waals surface area contributed by atoms with Gasteiger partial charge >= 0.3 is 0 Å². The number of carbonyl (C=O) groups excluding carboxylic acids is 1. The molecule has 1 amide bonds. The molecule has 0 radical (unpaired) electrons. The van der Waals surface area contributed by atoms with Crippen LogP contribution in [0, 0.1) is 0 Å². The lowest BCUT2D eigenvalue weighted by Crippen LogP contribution is -2.52. The molecule has 1 unspecified atom stereocenters. The molecule has 2 aliphatic rings. The van der Waals surface area contributed by atoms with Gasteiger partial charge in [-0.15, -0.1) is 11.3 Å². The van der Waals surface area contributed by atoms with Crippen LogP contribution in [0.15, 0.2) is 21.7 Å². The van der Waals surface area contributed by atoms with Crippen molar-refractivity contribution in [2.24, 2.45) is 0 Å². The summed E-state index contributed by atoms with van der Waals surface area (Å²) in [6.45, 7) is 5.22. The van der Waals surface area contributed by atoms with Crippen molar-refractivity contribution in [3.8, 4) is 0 Å². The summed E-state index contributed by atoms with van der Waals surface area (Å²) >= 11 is 1.23. The average Bonchev–Trinajstić information content (AvgIpc) is 3.27. The minimum atomic E-state index is -3.41. The van der Waals surface area contributed by atoms with Crippen molar-refractivity contribution in [2.45, 2.75) is 48.9 Å². The van der Waals surface area contributed by atoms with Crippen LogP contribution in [0.25, 0.3) is 0 Å². The van der Waals surface area contributed by atoms with Crippen LogP contribution < -0.4 is 4.72 Å². The molecule has 2 saturated heterocycles. The summed E-state index contributed by atoms with van der Waals surface area (Å²) in [5.74, 6) is 0.213. The largest absolute Gasteiger partial charge is 0.341 e. The maximum atomic E-state index is 12.5. The van der Waals surface area contributed by atoms with E-state index in [2.05, 4.69) is 9.62 Å². The predicted molar refractivity (Wildman–Crippen MR) is 94.5 cm³/mol. The highest BCUT2D eigenvalue weighted by Crippen LogP contribution is 2.20. The first-order valence-corrected chi connectivity index (χ1v) is 10.9. The minimum Gasteiger partial charge on any atom is -0.341 e. The molecule has 1 aromatic rings. The van der Waals surface area contributed by atoms with E-state index in [9.17, 15) is 13.2 Å². The average molecular weight is 372 g/mol. The maximum absolute atomic E-state index is 12.5. The van der Waals surface area contributed by atoms with E-state index < -0.39 is 10.0 Å². The molecule has 3 rings (SSSR count). The van der Waals surface area contributed by atoms with E-state index in [1.54, 1.807) is 17.5 Å². The zero-order valence-corrected chi connectivity index (χ0v) is 15.6. The fourth-order valence-electron chi connectivity index (χ4n) is 3.46. The van der Waals surface area contributed by atoms with Crippen LogP contribution in [0.5, 0.6) is 0 Å². The van der Waals surface area contributed by atoms with Crippen molar-refractivity contribution >= 4 is 27.3 Å². The third kappa shape index (κ3) is 3.99. The van der Waals surface area contributed by atoms with E-state index in [1.165, 1.54) is 11.3 Å². The van der Waals surface area contributed by atoms with Gasteiger partial charge in [-0.1, -0.05) is 6.07 Å². The Bertz CT molecular complexity index is 646. The fraction of sp³-hybridized carbons (Fsp3) is 0.688. The number of hydrogen-bond acceptors (Lipinski definition) is 5. The SMILES string of the molecule is CC(C(=O)N1CCCC1)N1CCC(NS(=O)(=O)c2cccs2)CC1. The minimum absolute atomic E-state index is 0.0533. The van der Waals surface area contributed by atoms with Gasteiger partial charge in [-0.3, -0.25) is 9.69 Å². The Hall–Kier alpha value is -0.960. The van der Waals surface area contributed by atoms with Crippen LogP contribution in [-0.4, -0.2) is 62.4 Å². The number of nitrogens with one attached hydrogen (secondary N) is 1. The van der Waals surface area contributed by atoms with E-state index >= 15 is 0 Å². The second-order valence-corrected chi connectivity index (χ2v) is 9.46. The molecule has 6 nitrogen and oxygen atoms in total. The number of rotatable bonds is 5. The molecule has 3 heterocycles. The number of thiophene rings is 1. The maximum Gasteiger partial charge on any atom is 0.250 e. The molecule has 2 fully saturated rings. The third-order valence-corrected chi connectivity index (χ3v) is 7.85. The van der Waals surface area contributed by atoms with E-state index in [0.29, 0.717) is 4.21 Å². The Morgan fingerprint density at radius 1 is 1.25 bits per heavy atom. The molecule has 1 aromatic heterocycles. The van der Waals surface area contributed by atoms with Crippen molar-refractivity contribution in [3.63, 3.8) is 0 Å². The first-order valence-electron chi connectivity index (χ1n) is 8.56. The van der Waals surface area contributed by atoms with E-state index in [1.807, 2.05) is 11.8 Å². The molecule has 1 atom stereocenters. The Balaban J connectivity index is 1.51. The van der Waals surface area contributed by atoms with Gasteiger partial charge < -0.3 is 4.90 Å². The van der Waals surface area contributed by atoms with Gasteiger partial charge in [-0.05, 0) is 44.1 Å². The Morgan fingerprint density at radius 3 is 2.50 bits per heavy atom. The summed E-state index contributed by atoms with van der Waals surface area (Å²) in [6, 6.07) is 3.20. The standard InChI is InChI=1S/C16H25N3O3S2/c1-13(16(20)19-8-2-3-9-19)18-10-6-14(7-11-18)17-24(21,22)15-5-4-12-23-15/h4-5,12-14,17H,2-3,6-11H2,1H3. The predicted octanol–water partition coefficient (Wildman–Crippen LogP) is 1.50. The van der Waals surface area contributed by atoms with Gasteiger partial charge in [0.1, 0.15) is 4.21 Å². The van der Waals surface area contributed by atoms with Gasteiger partial charge in [0.25, 0.3) is 0 Å². The highest BCUT2D eigenvalue weighted by Gasteiger charge is 2.31. The van der Waals surface area contributed by atoms with Gasteiger partial charge in [-0.25, -0.2) is 13.1 Å². The fourth-order valence-corrected chi connectivity index (χ4v) is 5.77. The van der Waals surface area contributed by atoms with Gasteiger partial charge in [0.05, 0.1) is 6.04 Å². The summed E-state index contributed by atoms with van der Waals surface area (Å²) in [4.78, 5) is 16.6. The molecule has 24 heavy (non-hydrogen) atoms.